The standard InChI is InChI=1S/C9H10F3NOS/c1-6-3-4-8(15(2,13)14)7(5-6)9(10,11)12/h3-5,13H,1-2H3. The van der Waals surface area contributed by atoms with E-state index in [-0.39, 0.29) is 0 Å². The minimum absolute atomic E-state index is 0.426. The van der Waals surface area contributed by atoms with Gasteiger partial charge in [0.25, 0.3) is 0 Å². The summed E-state index contributed by atoms with van der Waals surface area (Å²) < 4.78 is 56.2. The minimum Gasteiger partial charge on any atom is -0.249 e. The second-order valence-electron chi connectivity index (χ2n) is 3.34. The summed E-state index contributed by atoms with van der Waals surface area (Å²) in [7, 11) is -3.35. The highest BCUT2D eigenvalue weighted by Crippen LogP contribution is 2.34. The van der Waals surface area contributed by atoms with Gasteiger partial charge in [0.05, 0.1) is 20.2 Å². The third-order valence-corrected chi connectivity index (χ3v) is 3.06. The lowest BCUT2D eigenvalue weighted by Gasteiger charge is -2.13. The van der Waals surface area contributed by atoms with Crippen molar-refractivity contribution < 1.29 is 17.4 Å². The molecule has 0 bridgehead atoms. The van der Waals surface area contributed by atoms with Crippen molar-refractivity contribution in [3.05, 3.63) is 29.3 Å². The first kappa shape index (κ1) is 12.0. The van der Waals surface area contributed by atoms with E-state index in [1.54, 1.807) is 0 Å². The molecule has 0 amide bonds. The van der Waals surface area contributed by atoms with Gasteiger partial charge in [0, 0.05) is 6.26 Å². The van der Waals surface area contributed by atoms with E-state index < -0.39 is 26.4 Å². The first-order valence-corrected chi connectivity index (χ1v) is 6.00. The van der Waals surface area contributed by atoms with E-state index in [1.165, 1.54) is 13.0 Å². The predicted molar refractivity (Wildman–Crippen MR) is 51.2 cm³/mol. The van der Waals surface area contributed by atoms with Crippen LogP contribution in [0.5, 0.6) is 0 Å². The number of rotatable bonds is 1. The summed E-state index contributed by atoms with van der Waals surface area (Å²) in [5, 5.41) is 0. The zero-order valence-corrected chi connectivity index (χ0v) is 9.00. The Morgan fingerprint density at radius 3 is 2.27 bits per heavy atom. The summed E-state index contributed by atoms with van der Waals surface area (Å²) in [6.07, 6.45) is -3.59. The fourth-order valence-corrected chi connectivity index (χ4v) is 2.13. The van der Waals surface area contributed by atoms with Crippen molar-refractivity contribution in [1.82, 2.24) is 0 Å². The van der Waals surface area contributed by atoms with Gasteiger partial charge >= 0.3 is 6.18 Å². The van der Waals surface area contributed by atoms with Crippen molar-refractivity contribution in [2.24, 2.45) is 0 Å². The van der Waals surface area contributed by atoms with Crippen LogP contribution in [0.25, 0.3) is 0 Å². The Morgan fingerprint density at radius 1 is 1.33 bits per heavy atom. The lowest BCUT2D eigenvalue weighted by molar-refractivity contribution is -0.139. The molecule has 0 spiro atoms. The molecule has 0 aromatic heterocycles. The van der Waals surface area contributed by atoms with Crippen LogP contribution >= 0.6 is 0 Å². The largest absolute Gasteiger partial charge is 0.417 e. The molecule has 2 nitrogen and oxygen atoms in total. The number of hydrogen-bond acceptors (Lipinski definition) is 2. The molecule has 1 aromatic rings. The number of halogens is 3. The fraction of sp³-hybridized carbons (Fsp3) is 0.333. The third kappa shape index (κ3) is 2.71. The summed E-state index contributed by atoms with van der Waals surface area (Å²) >= 11 is 0. The second-order valence-corrected chi connectivity index (χ2v) is 5.47. The van der Waals surface area contributed by atoms with Crippen LogP contribution in [-0.2, 0) is 15.9 Å². The molecule has 0 heterocycles. The molecule has 1 N–H and O–H groups in total. The van der Waals surface area contributed by atoms with Crippen LogP contribution in [0.15, 0.2) is 23.1 Å². The Kier molecular flexibility index (Phi) is 2.82. The van der Waals surface area contributed by atoms with E-state index in [1.807, 2.05) is 0 Å². The highest BCUT2D eigenvalue weighted by molar-refractivity contribution is 7.91. The SMILES string of the molecule is Cc1ccc(S(C)(=N)=O)c(C(F)(F)F)c1. The quantitative estimate of drug-likeness (QED) is 0.801. The van der Waals surface area contributed by atoms with Crippen molar-refractivity contribution in [1.29, 1.82) is 4.78 Å². The Hall–Kier alpha value is -1.04. The molecule has 1 aromatic carbocycles. The van der Waals surface area contributed by atoms with Crippen molar-refractivity contribution >= 4 is 9.73 Å². The van der Waals surface area contributed by atoms with Gasteiger partial charge in [-0.15, -0.1) is 0 Å². The molecule has 1 rings (SSSR count). The third-order valence-electron chi connectivity index (χ3n) is 1.86. The number of hydrogen-bond donors (Lipinski definition) is 1. The Balaban J connectivity index is 3.55. The molecular formula is C9H10F3NOS. The Morgan fingerprint density at radius 2 is 1.87 bits per heavy atom. The molecule has 1 unspecified atom stereocenters. The molecule has 0 saturated heterocycles. The van der Waals surface area contributed by atoms with E-state index >= 15 is 0 Å². The van der Waals surface area contributed by atoms with E-state index in [2.05, 4.69) is 0 Å². The van der Waals surface area contributed by atoms with Gasteiger partial charge in [-0.1, -0.05) is 11.6 Å². The van der Waals surface area contributed by atoms with Crippen LogP contribution in [0.2, 0.25) is 0 Å². The van der Waals surface area contributed by atoms with E-state index in [9.17, 15) is 17.4 Å². The Bertz CT molecular complexity index is 477. The van der Waals surface area contributed by atoms with Gasteiger partial charge in [-0.05, 0) is 19.1 Å². The summed E-state index contributed by atoms with van der Waals surface area (Å²) in [5.41, 5.74) is -0.556. The molecule has 6 heteroatoms. The summed E-state index contributed by atoms with van der Waals surface area (Å²) in [5.74, 6) is 0. The molecular weight excluding hydrogens is 227 g/mol. The van der Waals surface area contributed by atoms with Crippen LogP contribution in [0, 0.1) is 11.7 Å². The van der Waals surface area contributed by atoms with Crippen LogP contribution in [0.3, 0.4) is 0 Å². The predicted octanol–water partition coefficient (Wildman–Crippen LogP) is 3.05. The first-order valence-electron chi connectivity index (χ1n) is 4.04. The maximum atomic E-state index is 12.5. The van der Waals surface area contributed by atoms with Crippen molar-refractivity contribution in [2.45, 2.75) is 18.0 Å². The number of nitrogens with one attached hydrogen (secondary N) is 1. The summed E-state index contributed by atoms with van der Waals surface area (Å²) in [6, 6.07) is 3.43. The normalized spacial score (nSPS) is 16.1. The minimum atomic E-state index is -4.57. The first-order chi connectivity index (χ1) is 6.62. The topological polar surface area (TPSA) is 40.9 Å². The van der Waals surface area contributed by atoms with E-state index in [4.69, 9.17) is 4.78 Å². The molecule has 15 heavy (non-hydrogen) atoms. The fourth-order valence-electron chi connectivity index (χ4n) is 1.21. The smallest absolute Gasteiger partial charge is 0.249 e. The zero-order valence-electron chi connectivity index (χ0n) is 8.18. The van der Waals surface area contributed by atoms with E-state index in [0.717, 1.165) is 18.4 Å². The lowest BCUT2D eigenvalue weighted by Crippen LogP contribution is -2.12. The lowest BCUT2D eigenvalue weighted by atomic mass is 10.1. The van der Waals surface area contributed by atoms with E-state index in [0.29, 0.717) is 5.56 Å². The van der Waals surface area contributed by atoms with Crippen molar-refractivity contribution in [3.63, 3.8) is 0 Å². The van der Waals surface area contributed by atoms with Gasteiger partial charge in [-0.25, -0.2) is 8.99 Å². The number of aryl methyl sites for hydroxylation is 1. The summed E-state index contributed by atoms with van der Waals surface area (Å²) in [4.78, 5) is -0.458. The second kappa shape index (κ2) is 3.52. The average molecular weight is 237 g/mol. The Labute approximate surface area is 86.1 Å². The van der Waals surface area contributed by atoms with Gasteiger partial charge in [0.15, 0.2) is 0 Å². The molecule has 0 saturated carbocycles. The molecule has 0 radical (unpaired) electrons. The van der Waals surface area contributed by atoms with Gasteiger partial charge in [-0.2, -0.15) is 13.2 Å². The average Bonchev–Trinajstić information content (AvgIpc) is 2.00. The van der Waals surface area contributed by atoms with Crippen LogP contribution in [-0.4, -0.2) is 10.5 Å². The summed E-state index contributed by atoms with van der Waals surface area (Å²) in [6.45, 7) is 1.51. The number of alkyl halides is 3. The van der Waals surface area contributed by atoms with Crippen molar-refractivity contribution in [3.8, 4) is 0 Å². The number of benzene rings is 1. The molecule has 0 aliphatic carbocycles. The zero-order chi connectivity index (χ0) is 11.9. The van der Waals surface area contributed by atoms with Gasteiger partial charge in [0.1, 0.15) is 0 Å². The maximum Gasteiger partial charge on any atom is 0.417 e. The van der Waals surface area contributed by atoms with Crippen LogP contribution in [0.4, 0.5) is 13.2 Å². The van der Waals surface area contributed by atoms with Gasteiger partial charge in [-0.3, -0.25) is 0 Å². The molecule has 0 fully saturated rings. The molecule has 84 valence electrons. The molecule has 0 aliphatic heterocycles. The van der Waals surface area contributed by atoms with Crippen LogP contribution in [0.1, 0.15) is 11.1 Å². The molecule has 0 aliphatic rings. The van der Waals surface area contributed by atoms with Crippen LogP contribution < -0.4 is 0 Å². The van der Waals surface area contributed by atoms with Crippen molar-refractivity contribution in [2.75, 3.05) is 6.26 Å². The monoisotopic (exact) mass is 237 g/mol. The van der Waals surface area contributed by atoms with Gasteiger partial charge < -0.3 is 0 Å². The van der Waals surface area contributed by atoms with Gasteiger partial charge in [0.2, 0.25) is 0 Å². The highest BCUT2D eigenvalue weighted by Gasteiger charge is 2.35. The maximum absolute atomic E-state index is 12.5. The molecule has 1 atom stereocenters. The highest BCUT2D eigenvalue weighted by atomic mass is 32.2.